The molecule has 2 N–H and O–H groups in total. The predicted octanol–water partition coefficient (Wildman–Crippen LogP) is 2.33. The van der Waals surface area contributed by atoms with Crippen LogP contribution in [0.15, 0.2) is 18.3 Å². The van der Waals surface area contributed by atoms with Gasteiger partial charge in [-0.2, -0.15) is 5.10 Å². The molecule has 2 aromatic rings. The van der Waals surface area contributed by atoms with Gasteiger partial charge in [-0.1, -0.05) is 13.8 Å². The van der Waals surface area contributed by atoms with E-state index in [4.69, 9.17) is 5.73 Å². The quantitative estimate of drug-likeness (QED) is 0.867. The van der Waals surface area contributed by atoms with Crippen molar-refractivity contribution in [3.05, 3.63) is 29.7 Å². The lowest BCUT2D eigenvalue weighted by molar-refractivity contribution is 0.621. The maximum absolute atomic E-state index is 12.8. The number of nitrogen functional groups attached to an aromatic ring is 1. The van der Waals surface area contributed by atoms with Crippen molar-refractivity contribution < 1.29 is 4.39 Å². The van der Waals surface area contributed by atoms with Crippen molar-refractivity contribution in [3.63, 3.8) is 0 Å². The number of nitrogens with zero attached hydrogens (tertiary/aromatic N) is 3. The number of hydrogen-bond acceptors (Lipinski definition) is 3. The molecule has 4 nitrogen and oxygen atoms in total. The first-order valence-electron chi connectivity index (χ1n) is 5.45. The molecule has 0 aromatic carbocycles. The molecule has 0 saturated heterocycles. The summed E-state index contributed by atoms with van der Waals surface area (Å²) in [4.78, 5) is 4.04. The molecule has 0 aliphatic carbocycles. The van der Waals surface area contributed by atoms with Crippen molar-refractivity contribution in [2.75, 3.05) is 5.73 Å². The third kappa shape index (κ3) is 2.00. The molecule has 2 heterocycles. The summed E-state index contributed by atoms with van der Waals surface area (Å²) in [5, 5.41) is 4.34. The highest BCUT2D eigenvalue weighted by molar-refractivity contribution is 5.66. The number of halogens is 1. The molecule has 0 bridgehead atoms. The van der Waals surface area contributed by atoms with Gasteiger partial charge in [-0.3, -0.25) is 9.67 Å². The van der Waals surface area contributed by atoms with E-state index in [9.17, 15) is 4.39 Å². The number of hydrogen-bond donors (Lipinski definition) is 1. The van der Waals surface area contributed by atoms with Gasteiger partial charge >= 0.3 is 0 Å². The van der Waals surface area contributed by atoms with Gasteiger partial charge in [0.05, 0.1) is 11.9 Å². The maximum atomic E-state index is 12.8. The molecule has 0 amide bonds. The second-order valence-electron chi connectivity index (χ2n) is 4.29. The number of nitrogens with two attached hydrogens (primary N) is 1. The van der Waals surface area contributed by atoms with Crippen molar-refractivity contribution in [2.24, 2.45) is 7.05 Å². The van der Waals surface area contributed by atoms with Crippen LogP contribution in [0.3, 0.4) is 0 Å². The summed E-state index contributed by atoms with van der Waals surface area (Å²) < 4.78 is 14.5. The van der Waals surface area contributed by atoms with E-state index in [1.807, 2.05) is 13.8 Å². The van der Waals surface area contributed by atoms with Crippen LogP contribution in [0.25, 0.3) is 11.4 Å². The lowest BCUT2D eigenvalue weighted by atomic mass is 10.0. The Bertz CT molecular complexity index is 528. The fraction of sp³-hybridized carbons (Fsp3) is 0.333. The van der Waals surface area contributed by atoms with Crippen molar-refractivity contribution in [1.82, 2.24) is 14.8 Å². The summed E-state index contributed by atoms with van der Waals surface area (Å²) >= 11 is 0. The van der Waals surface area contributed by atoms with Gasteiger partial charge in [-0.05, 0) is 18.1 Å². The number of anilines is 1. The molecular formula is C12H15FN4. The van der Waals surface area contributed by atoms with Crippen LogP contribution in [-0.2, 0) is 7.05 Å². The molecule has 90 valence electrons. The van der Waals surface area contributed by atoms with Crippen molar-refractivity contribution in [2.45, 2.75) is 19.8 Å². The third-order valence-electron chi connectivity index (χ3n) is 2.68. The van der Waals surface area contributed by atoms with Crippen LogP contribution in [0.1, 0.15) is 25.3 Å². The Morgan fingerprint density at radius 2 is 2.06 bits per heavy atom. The summed E-state index contributed by atoms with van der Waals surface area (Å²) in [6.07, 6.45) is 1.18. The molecule has 0 unspecified atom stereocenters. The molecular weight excluding hydrogens is 219 g/mol. The van der Waals surface area contributed by atoms with Gasteiger partial charge in [0.25, 0.3) is 0 Å². The fourth-order valence-corrected chi connectivity index (χ4v) is 1.83. The average molecular weight is 234 g/mol. The van der Waals surface area contributed by atoms with Crippen LogP contribution < -0.4 is 5.73 Å². The van der Waals surface area contributed by atoms with Gasteiger partial charge in [0.15, 0.2) is 0 Å². The largest absolute Gasteiger partial charge is 0.384 e. The molecule has 5 heteroatoms. The second kappa shape index (κ2) is 4.16. The van der Waals surface area contributed by atoms with Crippen molar-refractivity contribution >= 4 is 5.82 Å². The topological polar surface area (TPSA) is 56.7 Å². The van der Waals surface area contributed by atoms with Crippen LogP contribution >= 0.6 is 0 Å². The van der Waals surface area contributed by atoms with Gasteiger partial charge < -0.3 is 5.73 Å². The zero-order chi connectivity index (χ0) is 12.6. The van der Waals surface area contributed by atoms with Crippen LogP contribution in [0.2, 0.25) is 0 Å². The Hall–Kier alpha value is -1.91. The maximum Gasteiger partial charge on any atom is 0.141 e. The average Bonchev–Trinajstić information content (AvgIpc) is 2.56. The Morgan fingerprint density at radius 1 is 1.35 bits per heavy atom. The standard InChI is InChI=1S/C12H15FN4/c1-7(2)10-11(16-17(3)12(10)14)9-5-4-8(13)6-15-9/h4-7H,14H2,1-3H3. The zero-order valence-electron chi connectivity index (χ0n) is 10.1. The van der Waals surface area contributed by atoms with Gasteiger partial charge in [0.1, 0.15) is 17.3 Å². The Morgan fingerprint density at radius 3 is 2.59 bits per heavy atom. The van der Waals surface area contributed by atoms with Crippen LogP contribution in [-0.4, -0.2) is 14.8 Å². The minimum atomic E-state index is -0.358. The molecule has 2 rings (SSSR count). The van der Waals surface area contributed by atoms with E-state index >= 15 is 0 Å². The van der Waals surface area contributed by atoms with Gasteiger partial charge in [0, 0.05) is 12.6 Å². The summed E-state index contributed by atoms with van der Waals surface area (Å²) in [5.74, 6) is 0.510. The molecule has 0 saturated carbocycles. The monoisotopic (exact) mass is 234 g/mol. The predicted molar refractivity (Wildman–Crippen MR) is 64.9 cm³/mol. The summed E-state index contributed by atoms with van der Waals surface area (Å²) in [6.45, 7) is 4.08. The molecule has 0 spiro atoms. The van der Waals surface area contributed by atoms with E-state index in [-0.39, 0.29) is 11.7 Å². The van der Waals surface area contributed by atoms with Crippen LogP contribution in [0.5, 0.6) is 0 Å². The first-order valence-corrected chi connectivity index (χ1v) is 5.45. The smallest absolute Gasteiger partial charge is 0.141 e. The number of aryl methyl sites for hydroxylation is 1. The van der Waals surface area contributed by atoms with E-state index < -0.39 is 0 Å². The zero-order valence-corrected chi connectivity index (χ0v) is 10.1. The SMILES string of the molecule is CC(C)c1c(-c2ccc(F)cn2)nn(C)c1N. The normalized spacial score (nSPS) is 11.1. The molecule has 17 heavy (non-hydrogen) atoms. The molecule has 0 aliphatic rings. The Balaban J connectivity index is 2.59. The first-order chi connectivity index (χ1) is 8.00. The first kappa shape index (κ1) is 11.6. The Kier molecular flexibility index (Phi) is 2.83. The highest BCUT2D eigenvalue weighted by atomic mass is 19.1. The fourth-order valence-electron chi connectivity index (χ4n) is 1.83. The molecule has 0 fully saturated rings. The van der Waals surface area contributed by atoms with Gasteiger partial charge in [-0.25, -0.2) is 4.39 Å². The molecule has 0 radical (unpaired) electrons. The third-order valence-corrected chi connectivity index (χ3v) is 2.68. The number of pyridine rings is 1. The van der Waals surface area contributed by atoms with E-state index in [1.165, 1.54) is 12.3 Å². The van der Waals surface area contributed by atoms with E-state index in [0.29, 0.717) is 11.5 Å². The molecule has 2 aromatic heterocycles. The highest BCUT2D eigenvalue weighted by Gasteiger charge is 2.18. The lowest BCUT2D eigenvalue weighted by Gasteiger charge is -2.06. The highest BCUT2D eigenvalue weighted by Crippen LogP contribution is 2.31. The summed E-state index contributed by atoms with van der Waals surface area (Å²) in [5.41, 5.74) is 8.28. The molecule has 0 aliphatic heterocycles. The minimum absolute atomic E-state index is 0.241. The second-order valence-corrected chi connectivity index (χ2v) is 4.29. The van der Waals surface area contributed by atoms with Gasteiger partial charge in [0.2, 0.25) is 0 Å². The number of aromatic nitrogens is 3. The van der Waals surface area contributed by atoms with E-state index in [1.54, 1.807) is 17.8 Å². The van der Waals surface area contributed by atoms with Crippen molar-refractivity contribution in [3.8, 4) is 11.4 Å². The van der Waals surface area contributed by atoms with Gasteiger partial charge in [-0.15, -0.1) is 0 Å². The van der Waals surface area contributed by atoms with E-state index in [0.717, 1.165) is 11.3 Å². The Labute approximate surface area is 99.3 Å². The van der Waals surface area contributed by atoms with Crippen LogP contribution in [0, 0.1) is 5.82 Å². The van der Waals surface area contributed by atoms with Crippen molar-refractivity contribution in [1.29, 1.82) is 0 Å². The summed E-state index contributed by atoms with van der Waals surface area (Å²) in [7, 11) is 1.79. The summed E-state index contributed by atoms with van der Waals surface area (Å²) in [6, 6.07) is 2.99. The molecule has 0 atom stereocenters. The number of rotatable bonds is 2. The lowest BCUT2D eigenvalue weighted by Crippen LogP contribution is -2.00. The minimum Gasteiger partial charge on any atom is -0.384 e. The van der Waals surface area contributed by atoms with E-state index in [2.05, 4.69) is 10.1 Å². The van der Waals surface area contributed by atoms with Crippen LogP contribution in [0.4, 0.5) is 10.2 Å².